The molecule has 2 N–H and O–H groups in total. The van der Waals surface area contributed by atoms with Crippen molar-refractivity contribution < 1.29 is 4.79 Å². The van der Waals surface area contributed by atoms with Gasteiger partial charge in [-0.15, -0.1) is 0 Å². The van der Waals surface area contributed by atoms with Gasteiger partial charge in [-0.3, -0.25) is 4.79 Å². The van der Waals surface area contributed by atoms with E-state index >= 15 is 0 Å². The predicted molar refractivity (Wildman–Crippen MR) is 119 cm³/mol. The van der Waals surface area contributed by atoms with Gasteiger partial charge in [0.2, 0.25) is 0 Å². The number of nitriles is 1. The van der Waals surface area contributed by atoms with Crippen molar-refractivity contribution in [3.05, 3.63) is 94.6 Å². The van der Waals surface area contributed by atoms with E-state index in [1.807, 2.05) is 54.6 Å². The van der Waals surface area contributed by atoms with Crippen LogP contribution in [0.2, 0.25) is 10.0 Å². The van der Waals surface area contributed by atoms with Crippen LogP contribution in [0.4, 0.5) is 11.4 Å². The van der Waals surface area contributed by atoms with Crippen LogP contribution in [0.1, 0.15) is 0 Å². The average Bonchev–Trinajstić information content (AvgIpc) is 2.73. The molecule has 0 radical (unpaired) electrons. The van der Waals surface area contributed by atoms with Gasteiger partial charge in [0, 0.05) is 16.0 Å². The number of anilines is 2. The number of carbonyl (C=O) groups is 1. The standard InChI is InChI=1S/C22H15Cl2N3OS/c23-17-9-6-11-19(21(17)24)26-14-15(13-25)22(28)27-18-10-4-5-12-20(18)29-16-7-2-1-3-8-16/h1-12,14,26H,(H,27,28)/b15-14-. The summed E-state index contributed by atoms with van der Waals surface area (Å²) in [5.41, 5.74) is 1.02. The van der Waals surface area contributed by atoms with Crippen LogP contribution in [0, 0.1) is 11.3 Å². The Hall–Kier alpha value is -2.91. The Bertz CT molecular complexity index is 1090. The Morgan fingerprint density at radius 1 is 0.931 bits per heavy atom. The Balaban J connectivity index is 1.76. The molecule has 0 atom stereocenters. The van der Waals surface area contributed by atoms with Gasteiger partial charge in [0.1, 0.15) is 11.6 Å². The highest BCUT2D eigenvalue weighted by atomic mass is 35.5. The second-order valence-electron chi connectivity index (χ2n) is 5.78. The summed E-state index contributed by atoms with van der Waals surface area (Å²) in [6, 6.07) is 24.2. The molecule has 3 rings (SSSR count). The Morgan fingerprint density at radius 3 is 2.38 bits per heavy atom. The molecule has 144 valence electrons. The van der Waals surface area contributed by atoms with Gasteiger partial charge < -0.3 is 10.6 Å². The van der Waals surface area contributed by atoms with Crippen molar-refractivity contribution in [1.82, 2.24) is 0 Å². The number of halogens is 2. The number of hydrogen-bond donors (Lipinski definition) is 2. The van der Waals surface area contributed by atoms with E-state index < -0.39 is 5.91 Å². The number of benzene rings is 3. The van der Waals surface area contributed by atoms with Gasteiger partial charge >= 0.3 is 0 Å². The zero-order valence-electron chi connectivity index (χ0n) is 15.0. The van der Waals surface area contributed by atoms with Crippen LogP contribution in [0.3, 0.4) is 0 Å². The van der Waals surface area contributed by atoms with Crippen LogP contribution in [0.5, 0.6) is 0 Å². The first-order valence-electron chi connectivity index (χ1n) is 8.52. The van der Waals surface area contributed by atoms with E-state index in [2.05, 4.69) is 10.6 Å². The number of nitrogens with zero attached hydrogens (tertiary/aromatic N) is 1. The molecule has 0 unspecified atom stereocenters. The molecule has 0 saturated heterocycles. The van der Waals surface area contributed by atoms with Crippen molar-refractivity contribution in [3.63, 3.8) is 0 Å². The molecule has 0 bridgehead atoms. The van der Waals surface area contributed by atoms with E-state index in [4.69, 9.17) is 23.2 Å². The molecule has 3 aromatic carbocycles. The lowest BCUT2D eigenvalue weighted by atomic mass is 10.2. The molecule has 0 aromatic heterocycles. The largest absolute Gasteiger partial charge is 0.359 e. The summed E-state index contributed by atoms with van der Waals surface area (Å²) in [7, 11) is 0. The smallest absolute Gasteiger partial charge is 0.267 e. The normalized spacial score (nSPS) is 10.9. The molecule has 0 aliphatic rings. The molecule has 3 aromatic rings. The van der Waals surface area contributed by atoms with Crippen LogP contribution in [0.15, 0.2) is 94.4 Å². The fraction of sp³-hybridized carbons (Fsp3) is 0. The van der Waals surface area contributed by atoms with Crippen molar-refractivity contribution in [3.8, 4) is 6.07 Å². The van der Waals surface area contributed by atoms with Crippen LogP contribution in [-0.4, -0.2) is 5.91 Å². The maximum absolute atomic E-state index is 12.6. The second kappa shape index (κ2) is 10.0. The first-order chi connectivity index (χ1) is 14.1. The van der Waals surface area contributed by atoms with Crippen molar-refractivity contribution in [2.24, 2.45) is 0 Å². The third kappa shape index (κ3) is 5.55. The average molecular weight is 440 g/mol. The van der Waals surface area contributed by atoms with Gasteiger partial charge in [0.25, 0.3) is 5.91 Å². The van der Waals surface area contributed by atoms with Gasteiger partial charge in [-0.25, -0.2) is 0 Å². The highest BCUT2D eigenvalue weighted by Crippen LogP contribution is 2.33. The SMILES string of the molecule is N#C/C(=C/Nc1cccc(Cl)c1Cl)C(=O)Nc1ccccc1Sc1ccccc1. The maximum Gasteiger partial charge on any atom is 0.267 e. The van der Waals surface area contributed by atoms with Crippen molar-refractivity contribution in [2.45, 2.75) is 9.79 Å². The Labute approximate surface area is 183 Å². The molecule has 0 spiro atoms. The van der Waals surface area contributed by atoms with Gasteiger partial charge in [0.15, 0.2) is 0 Å². The zero-order valence-corrected chi connectivity index (χ0v) is 17.4. The van der Waals surface area contributed by atoms with Crippen molar-refractivity contribution >= 4 is 52.2 Å². The van der Waals surface area contributed by atoms with Gasteiger partial charge in [-0.05, 0) is 36.4 Å². The maximum atomic E-state index is 12.6. The summed E-state index contributed by atoms with van der Waals surface area (Å²) >= 11 is 13.6. The lowest BCUT2D eigenvalue weighted by Crippen LogP contribution is -2.15. The molecule has 7 heteroatoms. The number of carbonyl (C=O) groups excluding carboxylic acids is 1. The molecule has 4 nitrogen and oxygen atoms in total. The van der Waals surface area contributed by atoms with E-state index in [0.29, 0.717) is 21.4 Å². The van der Waals surface area contributed by atoms with E-state index in [0.717, 1.165) is 9.79 Å². The first-order valence-corrected chi connectivity index (χ1v) is 10.1. The second-order valence-corrected chi connectivity index (χ2v) is 7.68. The fourth-order valence-corrected chi connectivity index (χ4v) is 3.66. The minimum atomic E-state index is -0.528. The zero-order chi connectivity index (χ0) is 20.6. The number of rotatable bonds is 6. The molecule has 0 heterocycles. The fourth-order valence-electron chi connectivity index (χ4n) is 2.38. The van der Waals surface area contributed by atoms with Gasteiger partial charge in [-0.1, -0.05) is 71.4 Å². The highest BCUT2D eigenvalue weighted by Gasteiger charge is 2.13. The Kier molecular flexibility index (Phi) is 7.20. The minimum Gasteiger partial charge on any atom is -0.359 e. The third-order valence-electron chi connectivity index (χ3n) is 3.79. The van der Waals surface area contributed by atoms with Crippen LogP contribution >= 0.6 is 35.0 Å². The molecular formula is C22H15Cl2N3OS. The van der Waals surface area contributed by atoms with E-state index in [9.17, 15) is 10.1 Å². The molecular weight excluding hydrogens is 425 g/mol. The summed E-state index contributed by atoms with van der Waals surface area (Å²) < 4.78 is 0. The number of para-hydroxylation sites is 1. The molecule has 0 aliphatic heterocycles. The number of nitrogens with one attached hydrogen (secondary N) is 2. The van der Waals surface area contributed by atoms with Crippen molar-refractivity contribution in [1.29, 1.82) is 5.26 Å². The Morgan fingerprint density at radius 2 is 1.62 bits per heavy atom. The van der Waals surface area contributed by atoms with E-state index in [1.165, 1.54) is 18.0 Å². The summed E-state index contributed by atoms with van der Waals surface area (Å²) in [6.07, 6.45) is 1.31. The minimum absolute atomic E-state index is 0.0967. The lowest BCUT2D eigenvalue weighted by Gasteiger charge is -2.11. The third-order valence-corrected chi connectivity index (χ3v) is 5.70. The topological polar surface area (TPSA) is 64.9 Å². The summed E-state index contributed by atoms with van der Waals surface area (Å²) in [5, 5.41) is 15.7. The molecule has 1 amide bonds. The number of hydrogen-bond acceptors (Lipinski definition) is 4. The summed E-state index contributed by atoms with van der Waals surface area (Å²) in [6.45, 7) is 0. The predicted octanol–water partition coefficient (Wildman–Crippen LogP) is 6.60. The lowest BCUT2D eigenvalue weighted by molar-refractivity contribution is -0.112. The van der Waals surface area contributed by atoms with E-state index in [1.54, 1.807) is 24.3 Å². The highest BCUT2D eigenvalue weighted by molar-refractivity contribution is 7.99. The van der Waals surface area contributed by atoms with Crippen LogP contribution in [0.25, 0.3) is 0 Å². The molecule has 29 heavy (non-hydrogen) atoms. The van der Waals surface area contributed by atoms with Gasteiger partial charge in [-0.2, -0.15) is 5.26 Å². The van der Waals surface area contributed by atoms with E-state index in [-0.39, 0.29) is 5.57 Å². The van der Waals surface area contributed by atoms with Gasteiger partial charge in [0.05, 0.1) is 21.4 Å². The van der Waals surface area contributed by atoms with Crippen LogP contribution < -0.4 is 10.6 Å². The van der Waals surface area contributed by atoms with Crippen LogP contribution in [-0.2, 0) is 4.79 Å². The summed E-state index contributed by atoms with van der Waals surface area (Å²) in [4.78, 5) is 14.5. The molecule has 0 saturated carbocycles. The molecule has 0 fully saturated rings. The number of amides is 1. The summed E-state index contributed by atoms with van der Waals surface area (Å²) in [5.74, 6) is -0.528. The first kappa shape index (κ1) is 20.8. The van der Waals surface area contributed by atoms with Crippen molar-refractivity contribution in [2.75, 3.05) is 10.6 Å². The monoisotopic (exact) mass is 439 g/mol. The molecule has 0 aliphatic carbocycles. The quantitative estimate of drug-likeness (QED) is 0.335.